The minimum atomic E-state index is -0.604. The molecular weight excluding hydrogens is 296 g/mol. The molecule has 0 aromatic rings. The molecule has 0 spiro atoms. The summed E-state index contributed by atoms with van der Waals surface area (Å²) >= 11 is 0. The first-order valence-electron chi connectivity index (χ1n) is 7.46. The normalized spacial score (nSPS) is 12.6. The van der Waals surface area contributed by atoms with Crippen LogP contribution in [0, 0.1) is 0 Å². The number of hydrogen-bond acceptors (Lipinski definition) is 5. The average Bonchev–Trinajstić information content (AvgIpc) is 2.50. The van der Waals surface area contributed by atoms with E-state index in [4.69, 9.17) is 14.2 Å². The average molecular weight is 322 g/mol. The Morgan fingerprint density at radius 3 is 1.22 bits per heavy atom. The quantitative estimate of drug-likeness (QED) is 0.373. The summed E-state index contributed by atoms with van der Waals surface area (Å²) in [6, 6.07) is 0. The molecule has 5 nitrogen and oxygen atoms in total. The Morgan fingerprint density at radius 2 is 1.00 bits per heavy atom. The van der Waals surface area contributed by atoms with Gasteiger partial charge < -0.3 is 14.2 Å². The molecule has 0 aromatic carbocycles. The fourth-order valence-corrected chi connectivity index (χ4v) is 1.11. The third-order valence-electron chi connectivity index (χ3n) is 3.01. The minimum absolute atomic E-state index is 0.00202. The molecule has 0 bridgehead atoms. The molecule has 0 aliphatic heterocycles. The van der Waals surface area contributed by atoms with Crippen LogP contribution in [0.5, 0.6) is 0 Å². The lowest BCUT2D eigenvalue weighted by molar-refractivity contribution is -0.146. The van der Waals surface area contributed by atoms with Crippen LogP contribution in [-0.2, 0) is 23.8 Å². The van der Waals surface area contributed by atoms with Gasteiger partial charge in [0.15, 0.2) is 0 Å². The molecule has 128 valence electrons. The van der Waals surface area contributed by atoms with Crippen molar-refractivity contribution in [2.75, 3.05) is 0 Å². The maximum absolute atomic E-state index is 11.8. The summed E-state index contributed by atoms with van der Waals surface area (Å²) < 4.78 is 16.0. The number of carbonyl (C=O) groups excluding carboxylic acids is 2. The van der Waals surface area contributed by atoms with Crippen molar-refractivity contribution in [1.82, 2.24) is 0 Å². The van der Waals surface area contributed by atoms with E-state index >= 15 is 0 Å². The first-order chi connectivity index (χ1) is 10.6. The van der Waals surface area contributed by atoms with Crippen LogP contribution in [0.15, 0.2) is 47.3 Å². The van der Waals surface area contributed by atoms with Gasteiger partial charge in [0.1, 0.15) is 0 Å². The van der Waals surface area contributed by atoms with Crippen LogP contribution in [0.4, 0.5) is 0 Å². The zero-order valence-electron chi connectivity index (χ0n) is 14.9. The van der Waals surface area contributed by atoms with E-state index in [-0.39, 0.29) is 23.0 Å². The zero-order chi connectivity index (χ0) is 18.2. The van der Waals surface area contributed by atoms with Crippen molar-refractivity contribution in [3.05, 3.63) is 47.3 Å². The third kappa shape index (κ3) is 7.00. The van der Waals surface area contributed by atoms with Gasteiger partial charge in [-0.2, -0.15) is 0 Å². The van der Waals surface area contributed by atoms with Crippen molar-refractivity contribution in [3.63, 3.8) is 0 Å². The molecule has 0 N–H and O–H groups in total. The van der Waals surface area contributed by atoms with Crippen LogP contribution in [0.25, 0.3) is 0 Å². The number of ether oxygens (including phenoxy) is 3. The molecule has 0 fully saturated rings. The molecule has 0 heterocycles. The standard InChI is InChI=1S/C18H26O5/c1-9-13(7)17(21-15(19)11(3)4)23-18(14(8)10-2)22-16(20)12(5)6/h3,5,9-10H2,1-2,4,6-8H3/b17-13+,18-14+. The molecule has 0 amide bonds. The van der Waals surface area contributed by atoms with Crippen LogP contribution in [-0.4, -0.2) is 11.9 Å². The molecule has 0 aromatic heterocycles. The van der Waals surface area contributed by atoms with Gasteiger partial charge in [0.05, 0.1) is 0 Å². The highest BCUT2D eigenvalue weighted by Crippen LogP contribution is 2.21. The first-order valence-corrected chi connectivity index (χ1v) is 7.46. The van der Waals surface area contributed by atoms with E-state index in [1.807, 2.05) is 13.8 Å². The van der Waals surface area contributed by atoms with Crippen molar-refractivity contribution in [2.45, 2.75) is 54.4 Å². The van der Waals surface area contributed by atoms with Gasteiger partial charge >= 0.3 is 11.9 Å². The van der Waals surface area contributed by atoms with E-state index in [9.17, 15) is 9.59 Å². The summed E-state index contributed by atoms with van der Waals surface area (Å²) in [6.45, 7) is 17.5. The fourth-order valence-electron chi connectivity index (χ4n) is 1.11. The molecule has 0 saturated carbocycles. The highest BCUT2D eigenvalue weighted by atomic mass is 16.8. The summed E-state index contributed by atoms with van der Waals surface area (Å²) in [5, 5.41) is 0. The maximum Gasteiger partial charge on any atom is 0.340 e. The Hall–Kier alpha value is -2.30. The second kappa shape index (κ2) is 9.66. The van der Waals surface area contributed by atoms with Gasteiger partial charge in [0.25, 0.3) is 11.9 Å². The van der Waals surface area contributed by atoms with Crippen LogP contribution in [0.1, 0.15) is 54.4 Å². The number of hydrogen-bond donors (Lipinski definition) is 0. The van der Waals surface area contributed by atoms with Crippen molar-refractivity contribution in [2.24, 2.45) is 0 Å². The predicted octanol–water partition coefficient (Wildman–Crippen LogP) is 4.52. The van der Waals surface area contributed by atoms with Gasteiger partial charge in [-0.1, -0.05) is 27.0 Å². The second-order valence-electron chi connectivity index (χ2n) is 5.28. The highest BCUT2D eigenvalue weighted by Gasteiger charge is 2.19. The fraction of sp³-hybridized carbons (Fsp3) is 0.444. The first kappa shape index (κ1) is 20.7. The Balaban J connectivity index is 5.55. The summed E-state index contributed by atoms with van der Waals surface area (Å²) in [6.07, 6.45) is 1.21. The van der Waals surface area contributed by atoms with Gasteiger partial charge in [-0.15, -0.1) is 0 Å². The predicted molar refractivity (Wildman–Crippen MR) is 88.9 cm³/mol. The lowest BCUT2D eigenvalue weighted by Crippen LogP contribution is -2.13. The molecule has 0 radical (unpaired) electrons. The van der Waals surface area contributed by atoms with Crippen LogP contribution in [0.2, 0.25) is 0 Å². The summed E-state index contributed by atoms with van der Waals surface area (Å²) in [5.41, 5.74) is 1.89. The summed E-state index contributed by atoms with van der Waals surface area (Å²) in [5.74, 6) is -1.21. The molecule has 0 aliphatic rings. The number of allylic oxidation sites excluding steroid dienone is 2. The van der Waals surface area contributed by atoms with Crippen LogP contribution in [0.3, 0.4) is 0 Å². The van der Waals surface area contributed by atoms with E-state index < -0.39 is 11.9 Å². The summed E-state index contributed by atoms with van der Waals surface area (Å²) in [7, 11) is 0. The third-order valence-corrected chi connectivity index (χ3v) is 3.01. The Bertz CT molecular complexity index is 514. The molecule has 0 unspecified atom stereocenters. The van der Waals surface area contributed by atoms with Gasteiger partial charge in [-0.25, -0.2) is 9.59 Å². The maximum atomic E-state index is 11.8. The Morgan fingerprint density at radius 1 is 0.696 bits per heavy atom. The monoisotopic (exact) mass is 322 g/mol. The van der Waals surface area contributed by atoms with E-state index in [1.165, 1.54) is 13.8 Å². The lowest BCUT2D eigenvalue weighted by atomic mass is 10.2. The molecule has 0 saturated heterocycles. The Labute approximate surface area is 138 Å². The van der Waals surface area contributed by atoms with Gasteiger partial charge in [-0.3, -0.25) is 0 Å². The highest BCUT2D eigenvalue weighted by molar-refractivity contribution is 5.88. The second-order valence-corrected chi connectivity index (χ2v) is 5.28. The molecule has 0 atom stereocenters. The molecular formula is C18H26O5. The van der Waals surface area contributed by atoms with E-state index in [2.05, 4.69) is 13.2 Å². The smallest absolute Gasteiger partial charge is 0.340 e. The number of rotatable bonds is 8. The van der Waals surface area contributed by atoms with Gasteiger partial charge in [-0.05, 0) is 40.5 Å². The largest absolute Gasteiger partial charge is 0.392 e. The van der Waals surface area contributed by atoms with Gasteiger partial charge in [0.2, 0.25) is 0 Å². The van der Waals surface area contributed by atoms with E-state index in [0.717, 1.165) is 0 Å². The van der Waals surface area contributed by atoms with Gasteiger partial charge in [0, 0.05) is 22.3 Å². The minimum Gasteiger partial charge on any atom is -0.392 e. The van der Waals surface area contributed by atoms with Crippen molar-refractivity contribution < 1.29 is 23.8 Å². The molecule has 0 rings (SSSR count). The zero-order valence-corrected chi connectivity index (χ0v) is 14.9. The molecule has 23 heavy (non-hydrogen) atoms. The van der Waals surface area contributed by atoms with Crippen LogP contribution < -0.4 is 0 Å². The molecule has 5 heteroatoms. The van der Waals surface area contributed by atoms with Crippen molar-refractivity contribution in [1.29, 1.82) is 0 Å². The number of carbonyl (C=O) groups is 2. The topological polar surface area (TPSA) is 61.8 Å². The SMILES string of the molecule is C=C(C)C(=O)O/C(O/C(OC(=O)C(=C)C)=C(\C)CC)=C(/C)CC. The van der Waals surface area contributed by atoms with Crippen molar-refractivity contribution >= 4 is 11.9 Å². The lowest BCUT2D eigenvalue weighted by Gasteiger charge is -2.16. The van der Waals surface area contributed by atoms with Crippen LogP contribution >= 0.6 is 0 Å². The number of esters is 2. The Kier molecular flexibility index (Phi) is 8.70. The van der Waals surface area contributed by atoms with Crippen molar-refractivity contribution in [3.8, 4) is 0 Å². The van der Waals surface area contributed by atoms with E-state index in [1.54, 1.807) is 13.8 Å². The van der Waals surface area contributed by atoms with E-state index in [0.29, 0.717) is 24.0 Å². The molecule has 0 aliphatic carbocycles. The summed E-state index contributed by atoms with van der Waals surface area (Å²) in [4.78, 5) is 23.5.